The Kier molecular flexibility index (Phi) is 6.07. The Balaban J connectivity index is 1.71. The van der Waals surface area contributed by atoms with Gasteiger partial charge >= 0.3 is 6.03 Å². The van der Waals surface area contributed by atoms with Crippen molar-refractivity contribution in [2.75, 3.05) is 19.7 Å². The molecule has 2 heterocycles. The third kappa shape index (κ3) is 5.25. The molecule has 1 aliphatic heterocycles. The van der Waals surface area contributed by atoms with Gasteiger partial charge < -0.3 is 24.9 Å². The van der Waals surface area contributed by atoms with Gasteiger partial charge in [0.2, 0.25) is 0 Å². The van der Waals surface area contributed by atoms with Crippen LogP contribution in [0.1, 0.15) is 49.7 Å². The molecule has 0 aromatic carbocycles. The van der Waals surface area contributed by atoms with E-state index in [4.69, 9.17) is 9.15 Å². The van der Waals surface area contributed by atoms with Crippen LogP contribution in [0, 0.1) is 13.8 Å². The molecule has 2 atom stereocenters. The number of aliphatic hydroxyl groups is 1. The molecule has 2 amide bonds. The number of carbonyl (C=O) groups excluding carboxylic acids is 1. The number of furan rings is 1. The van der Waals surface area contributed by atoms with E-state index in [1.165, 1.54) is 6.42 Å². The molecule has 1 saturated heterocycles. The van der Waals surface area contributed by atoms with Gasteiger partial charge in [0.25, 0.3) is 0 Å². The van der Waals surface area contributed by atoms with Crippen molar-refractivity contribution < 1.29 is 19.1 Å². The molecule has 2 rings (SSSR count). The molecule has 1 aromatic heterocycles. The number of carbonyl (C=O) groups is 1. The van der Waals surface area contributed by atoms with Crippen LogP contribution >= 0.6 is 0 Å². The van der Waals surface area contributed by atoms with Crippen molar-refractivity contribution >= 4 is 6.03 Å². The first kappa shape index (κ1) is 17.8. The molecule has 0 spiro atoms. The van der Waals surface area contributed by atoms with Gasteiger partial charge in [-0.25, -0.2) is 4.79 Å². The molecule has 0 bridgehead atoms. The molecule has 0 aliphatic carbocycles. The monoisotopic (exact) mass is 324 g/mol. The highest BCUT2D eigenvalue weighted by atomic mass is 16.5. The van der Waals surface area contributed by atoms with E-state index in [2.05, 4.69) is 10.6 Å². The Morgan fingerprint density at radius 2 is 2.17 bits per heavy atom. The molecule has 1 fully saturated rings. The number of nitrogens with one attached hydrogen (secondary N) is 2. The number of rotatable bonds is 6. The molecule has 23 heavy (non-hydrogen) atoms. The second kappa shape index (κ2) is 7.84. The minimum atomic E-state index is -1.16. The Bertz CT molecular complexity index is 519. The summed E-state index contributed by atoms with van der Waals surface area (Å²) in [6, 6.07) is 1.52. The molecular weight excluding hydrogens is 296 g/mol. The van der Waals surface area contributed by atoms with Gasteiger partial charge in [0, 0.05) is 18.7 Å². The molecule has 2 unspecified atom stereocenters. The number of hydrogen-bond acceptors (Lipinski definition) is 4. The summed E-state index contributed by atoms with van der Waals surface area (Å²) in [6.07, 6.45) is 4.47. The molecule has 3 N–H and O–H groups in total. The minimum Gasteiger partial charge on any atom is -0.466 e. The lowest BCUT2D eigenvalue weighted by atomic mass is 9.96. The van der Waals surface area contributed by atoms with Crippen molar-refractivity contribution in [1.82, 2.24) is 10.6 Å². The van der Waals surface area contributed by atoms with E-state index in [1.54, 1.807) is 19.9 Å². The molecule has 6 heteroatoms. The van der Waals surface area contributed by atoms with E-state index in [1.807, 2.05) is 6.92 Å². The SMILES string of the molecule is Cc1cc(C(C)(O)CNC(=O)NCCC2CCCCO2)c(C)o1. The summed E-state index contributed by atoms with van der Waals surface area (Å²) in [5.41, 5.74) is -0.461. The average molecular weight is 324 g/mol. The lowest BCUT2D eigenvalue weighted by Gasteiger charge is -2.24. The highest BCUT2D eigenvalue weighted by Crippen LogP contribution is 2.26. The van der Waals surface area contributed by atoms with Gasteiger partial charge in [-0.2, -0.15) is 0 Å². The van der Waals surface area contributed by atoms with Crippen LogP contribution in [0.25, 0.3) is 0 Å². The van der Waals surface area contributed by atoms with Gasteiger partial charge in [-0.05, 0) is 52.5 Å². The molecule has 130 valence electrons. The van der Waals surface area contributed by atoms with Crippen LogP contribution in [0.5, 0.6) is 0 Å². The quantitative estimate of drug-likeness (QED) is 0.750. The summed E-state index contributed by atoms with van der Waals surface area (Å²) < 4.78 is 11.1. The Morgan fingerprint density at radius 1 is 1.39 bits per heavy atom. The van der Waals surface area contributed by atoms with Crippen molar-refractivity contribution in [2.45, 2.75) is 58.2 Å². The van der Waals surface area contributed by atoms with Crippen LogP contribution in [-0.2, 0) is 10.3 Å². The zero-order valence-electron chi connectivity index (χ0n) is 14.3. The lowest BCUT2D eigenvalue weighted by molar-refractivity contribution is 0.0119. The fraction of sp³-hybridized carbons (Fsp3) is 0.706. The number of hydrogen-bond donors (Lipinski definition) is 3. The van der Waals surface area contributed by atoms with Crippen LogP contribution in [0.3, 0.4) is 0 Å². The zero-order chi connectivity index (χ0) is 16.9. The summed E-state index contributed by atoms with van der Waals surface area (Å²) in [7, 11) is 0. The average Bonchev–Trinajstić information content (AvgIpc) is 2.86. The van der Waals surface area contributed by atoms with Gasteiger partial charge in [-0.3, -0.25) is 0 Å². The number of urea groups is 1. The van der Waals surface area contributed by atoms with Crippen molar-refractivity contribution in [1.29, 1.82) is 0 Å². The predicted octanol–water partition coefficient (Wildman–Crippen LogP) is 2.36. The minimum absolute atomic E-state index is 0.124. The fourth-order valence-electron chi connectivity index (χ4n) is 2.96. The van der Waals surface area contributed by atoms with Gasteiger partial charge in [0.15, 0.2) is 0 Å². The number of aryl methyl sites for hydroxylation is 2. The third-order valence-electron chi connectivity index (χ3n) is 4.24. The first-order valence-corrected chi connectivity index (χ1v) is 8.31. The molecule has 1 aromatic rings. The molecule has 0 radical (unpaired) electrons. The van der Waals surface area contributed by atoms with E-state index >= 15 is 0 Å². The smallest absolute Gasteiger partial charge is 0.314 e. The first-order chi connectivity index (χ1) is 10.9. The van der Waals surface area contributed by atoms with Crippen molar-refractivity contribution in [3.8, 4) is 0 Å². The molecule has 0 saturated carbocycles. The van der Waals surface area contributed by atoms with Gasteiger partial charge in [0.05, 0.1) is 12.6 Å². The Morgan fingerprint density at radius 3 is 2.78 bits per heavy atom. The highest BCUT2D eigenvalue weighted by Gasteiger charge is 2.28. The largest absolute Gasteiger partial charge is 0.466 e. The molecular formula is C17H28N2O4. The maximum Gasteiger partial charge on any atom is 0.314 e. The Labute approximate surface area is 137 Å². The van der Waals surface area contributed by atoms with Crippen LogP contribution in [-0.4, -0.2) is 36.9 Å². The maximum atomic E-state index is 11.9. The van der Waals surface area contributed by atoms with E-state index in [-0.39, 0.29) is 18.7 Å². The van der Waals surface area contributed by atoms with E-state index in [9.17, 15) is 9.90 Å². The fourth-order valence-corrected chi connectivity index (χ4v) is 2.96. The third-order valence-corrected chi connectivity index (χ3v) is 4.24. The van der Waals surface area contributed by atoms with E-state index in [0.29, 0.717) is 17.9 Å². The van der Waals surface area contributed by atoms with Crippen molar-refractivity contribution in [2.24, 2.45) is 0 Å². The summed E-state index contributed by atoms with van der Waals surface area (Å²) >= 11 is 0. The zero-order valence-corrected chi connectivity index (χ0v) is 14.3. The molecule has 1 aliphatic rings. The number of ether oxygens (including phenoxy) is 1. The van der Waals surface area contributed by atoms with Crippen molar-refractivity contribution in [3.05, 3.63) is 23.2 Å². The van der Waals surface area contributed by atoms with E-state index in [0.717, 1.165) is 31.6 Å². The lowest BCUT2D eigenvalue weighted by Crippen LogP contribution is -2.44. The maximum absolute atomic E-state index is 11.9. The van der Waals surface area contributed by atoms with E-state index < -0.39 is 5.60 Å². The van der Waals surface area contributed by atoms with Gasteiger partial charge in [0.1, 0.15) is 17.1 Å². The van der Waals surface area contributed by atoms with Gasteiger partial charge in [-0.1, -0.05) is 0 Å². The van der Waals surface area contributed by atoms with Gasteiger partial charge in [-0.15, -0.1) is 0 Å². The van der Waals surface area contributed by atoms with Crippen molar-refractivity contribution in [3.63, 3.8) is 0 Å². The predicted molar refractivity (Wildman–Crippen MR) is 87.4 cm³/mol. The summed E-state index contributed by atoms with van der Waals surface area (Å²) in [4.78, 5) is 11.9. The van der Waals surface area contributed by atoms with Crippen LogP contribution in [0.4, 0.5) is 4.79 Å². The second-order valence-electron chi connectivity index (χ2n) is 6.49. The highest BCUT2D eigenvalue weighted by molar-refractivity contribution is 5.73. The summed E-state index contributed by atoms with van der Waals surface area (Å²) in [5.74, 6) is 1.42. The standard InChI is InChI=1S/C17H28N2O4/c1-12-10-15(13(2)23-12)17(3,21)11-19-16(20)18-8-7-14-6-4-5-9-22-14/h10,14,21H,4-9,11H2,1-3H3,(H2,18,19,20). The second-order valence-corrected chi connectivity index (χ2v) is 6.49. The normalized spacial score (nSPS) is 20.8. The first-order valence-electron chi connectivity index (χ1n) is 8.31. The number of amides is 2. The van der Waals surface area contributed by atoms with Crippen LogP contribution in [0.15, 0.2) is 10.5 Å². The topological polar surface area (TPSA) is 83.7 Å². The van der Waals surface area contributed by atoms with Crippen LogP contribution in [0.2, 0.25) is 0 Å². The molecule has 6 nitrogen and oxygen atoms in total. The summed E-state index contributed by atoms with van der Waals surface area (Å²) in [5, 5.41) is 16.1. The summed E-state index contributed by atoms with van der Waals surface area (Å²) in [6.45, 7) is 6.83. The Hall–Kier alpha value is -1.53. The van der Waals surface area contributed by atoms with Crippen LogP contribution < -0.4 is 10.6 Å².